The molecule has 0 radical (unpaired) electrons. The molecular weight excluding hydrogens is 457 g/mol. The number of carbonyl (C=O) groups is 1. The Morgan fingerprint density at radius 3 is 2.48 bits per heavy atom. The van der Waals surface area contributed by atoms with E-state index < -0.39 is 0 Å². The molecule has 1 amide bonds. The SMILES string of the molecule is CN=C(NCCCNC(=O)c1ccccc1)NCc1cc(C(C)C)no1.I. The van der Waals surface area contributed by atoms with Crippen LogP contribution in [0.5, 0.6) is 0 Å². The second-order valence-corrected chi connectivity index (χ2v) is 6.20. The quantitative estimate of drug-likeness (QED) is 0.232. The fourth-order valence-electron chi connectivity index (χ4n) is 2.26. The summed E-state index contributed by atoms with van der Waals surface area (Å²) in [6, 6.07) is 11.1. The number of amides is 1. The molecule has 0 unspecified atom stereocenters. The molecule has 0 aliphatic rings. The molecule has 7 nitrogen and oxygen atoms in total. The monoisotopic (exact) mass is 485 g/mol. The number of carbonyl (C=O) groups excluding carboxylic acids is 1. The van der Waals surface area contributed by atoms with Gasteiger partial charge in [-0.2, -0.15) is 0 Å². The number of halogens is 1. The summed E-state index contributed by atoms with van der Waals surface area (Å²) in [6.45, 7) is 5.96. The van der Waals surface area contributed by atoms with E-state index in [-0.39, 0.29) is 29.9 Å². The summed E-state index contributed by atoms with van der Waals surface area (Å²) in [5.41, 5.74) is 1.62. The largest absolute Gasteiger partial charge is 0.359 e. The molecule has 0 saturated carbocycles. The zero-order valence-corrected chi connectivity index (χ0v) is 18.3. The predicted molar refractivity (Wildman–Crippen MR) is 118 cm³/mol. The summed E-state index contributed by atoms with van der Waals surface area (Å²) in [5.74, 6) is 1.74. The number of guanidine groups is 1. The van der Waals surface area contributed by atoms with E-state index in [2.05, 4.69) is 39.9 Å². The van der Waals surface area contributed by atoms with Crippen molar-refractivity contribution in [1.29, 1.82) is 0 Å². The van der Waals surface area contributed by atoms with E-state index in [4.69, 9.17) is 4.52 Å². The van der Waals surface area contributed by atoms with Crippen LogP contribution in [-0.2, 0) is 6.54 Å². The third-order valence-electron chi connectivity index (χ3n) is 3.79. The molecule has 0 atom stereocenters. The summed E-state index contributed by atoms with van der Waals surface area (Å²) >= 11 is 0. The number of benzene rings is 1. The van der Waals surface area contributed by atoms with Gasteiger partial charge in [0.25, 0.3) is 5.91 Å². The highest BCUT2D eigenvalue weighted by atomic mass is 127. The topological polar surface area (TPSA) is 91.5 Å². The van der Waals surface area contributed by atoms with Crippen LogP contribution in [0.4, 0.5) is 0 Å². The zero-order valence-electron chi connectivity index (χ0n) is 16.0. The Kier molecular flexibility index (Phi) is 10.5. The van der Waals surface area contributed by atoms with Crippen molar-refractivity contribution < 1.29 is 9.32 Å². The number of hydrogen-bond donors (Lipinski definition) is 3. The van der Waals surface area contributed by atoms with E-state index in [1.165, 1.54) is 0 Å². The van der Waals surface area contributed by atoms with Gasteiger partial charge in [0, 0.05) is 31.8 Å². The van der Waals surface area contributed by atoms with E-state index in [9.17, 15) is 4.79 Å². The van der Waals surface area contributed by atoms with Crippen molar-refractivity contribution in [2.45, 2.75) is 32.7 Å². The summed E-state index contributed by atoms with van der Waals surface area (Å²) in [6.07, 6.45) is 0.791. The van der Waals surface area contributed by atoms with Crippen molar-refractivity contribution in [2.75, 3.05) is 20.1 Å². The first-order valence-electron chi connectivity index (χ1n) is 8.83. The molecule has 2 aromatic rings. The summed E-state index contributed by atoms with van der Waals surface area (Å²) in [4.78, 5) is 16.1. The third kappa shape index (κ3) is 7.98. The maximum atomic E-state index is 11.9. The standard InChI is InChI=1S/C19H27N5O2.HI/c1-14(2)17-12-16(26-24-17)13-23-19(20-3)22-11-7-10-21-18(25)15-8-5-4-6-9-15;/h4-6,8-9,12,14H,7,10-11,13H2,1-3H3,(H,21,25)(H2,20,22,23);1H. The van der Waals surface area contributed by atoms with Gasteiger partial charge < -0.3 is 20.5 Å². The highest BCUT2D eigenvalue weighted by Crippen LogP contribution is 2.13. The minimum atomic E-state index is -0.0561. The van der Waals surface area contributed by atoms with Crippen LogP contribution >= 0.6 is 24.0 Å². The third-order valence-corrected chi connectivity index (χ3v) is 3.79. The van der Waals surface area contributed by atoms with Crippen LogP contribution in [0.25, 0.3) is 0 Å². The van der Waals surface area contributed by atoms with Gasteiger partial charge >= 0.3 is 0 Å². The molecule has 8 heteroatoms. The molecule has 0 aliphatic heterocycles. The lowest BCUT2D eigenvalue weighted by molar-refractivity contribution is 0.0953. The number of nitrogens with one attached hydrogen (secondary N) is 3. The van der Waals surface area contributed by atoms with Crippen molar-refractivity contribution in [2.24, 2.45) is 4.99 Å². The molecule has 0 bridgehead atoms. The molecule has 0 saturated heterocycles. The smallest absolute Gasteiger partial charge is 0.251 e. The second kappa shape index (κ2) is 12.3. The summed E-state index contributed by atoms with van der Waals surface area (Å²) < 4.78 is 5.29. The molecule has 0 aliphatic carbocycles. The molecule has 0 spiro atoms. The molecule has 148 valence electrons. The van der Waals surface area contributed by atoms with E-state index in [0.717, 1.165) is 17.9 Å². The first kappa shape index (κ1) is 22.9. The van der Waals surface area contributed by atoms with Gasteiger partial charge in [-0.3, -0.25) is 9.79 Å². The second-order valence-electron chi connectivity index (χ2n) is 6.20. The van der Waals surface area contributed by atoms with Crippen LogP contribution in [0, 0.1) is 0 Å². The fraction of sp³-hybridized carbons (Fsp3) is 0.421. The zero-order chi connectivity index (χ0) is 18.8. The maximum Gasteiger partial charge on any atom is 0.251 e. The van der Waals surface area contributed by atoms with E-state index in [0.29, 0.717) is 37.1 Å². The van der Waals surface area contributed by atoms with Crippen LogP contribution in [-0.4, -0.2) is 37.2 Å². The predicted octanol–water partition coefficient (Wildman–Crippen LogP) is 2.90. The molecule has 1 aromatic carbocycles. The van der Waals surface area contributed by atoms with E-state index in [1.54, 1.807) is 19.2 Å². The number of aromatic nitrogens is 1. The molecule has 3 N–H and O–H groups in total. The van der Waals surface area contributed by atoms with Crippen molar-refractivity contribution in [3.8, 4) is 0 Å². The highest BCUT2D eigenvalue weighted by molar-refractivity contribution is 14.0. The van der Waals surface area contributed by atoms with Gasteiger partial charge in [-0.15, -0.1) is 24.0 Å². The van der Waals surface area contributed by atoms with Crippen LogP contribution < -0.4 is 16.0 Å². The Balaban J connectivity index is 0.00000364. The lowest BCUT2D eigenvalue weighted by Crippen LogP contribution is -2.38. The average molecular weight is 485 g/mol. The van der Waals surface area contributed by atoms with Gasteiger partial charge in [0.05, 0.1) is 12.2 Å². The normalized spacial score (nSPS) is 11.0. The fourth-order valence-corrected chi connectivity index (χ4v) is 2.26. The first-order valence-corrected chi connectivity index (χ1v) is 8.83. The lowest BCUT2D eigenvalue weighted by Gasteiger charge is -2.11. The van der Waals surface area contributed by atoms with Crippen molar-refractivity contribution in [3.63, 3.8) is 0 Å². The van der Waals surface area contributed by atoms with Crippen molar-refractivity contribution in [1.82, 2.24) is 21.1 Å². The van der Waals surface area contributed by atoms with Crippen LogP contribution in [0.2, 0.25) is 0 Å². The molecule has 0 fully saturated rings. The van der Waals surface area contributed by atoms with Crippen LogP contribution in [0.15, 0.2) is 45.9 Å². The van der Waals surface area contributed by atoms with Gasteiger partial charge in [-0.05, 0) is 24.5 Å². The van der Waals surface area contributed by atoms with Gasteiger partial charge in [0.2, 0.25) is 0 Å². The van der Waals surface area contributed by atoms with Crippen molar-refractivity contribution >= 4 is 35.8 Å². The Hall–Kier alpha value is -2.10. The number of hydrogen-bond acceptors (Lipinski definition) is 4. The van der Waals surface area contributed by atoms with Crippen molar-refractivity contribution in [3.05, 3.63) is 53.4 Å². The molecule has 27 heavy (non-hydrogen) atoms. The molecular formula is C19H28IN5O2. The Morgan fingerprint density at radius 1 is 1.15 bits per heavy atom. The van der Waals surface area contributed by atoms with Crippen LogP contribution in [0.3, 0.4) is 0 Å². The molecule has 1 aromatic heterocycles. The Morgan fingerprint density at radius 2 is 1.85 bits per heavy atom. The Labute approximate surface area is 177 Å². The minimum Gasteiger partial charge on any atom is -0.359 e. The Bertz CT molecular complexity index is 716. The average Bonchev–Trinajstić information content (AvgIpc) is 3.14. The van der Waals surface area contributed by atoms with Crippen LogP contribution in [0.1, 0.15) is 48.0 Å². The maximum absolute atomic E-state index is 11.9. The number of rotatable bonds is 8. The minimum absolute atomic E-state index is 0. The summed E-state index contributed by atoms with van der Waals surface area (Å²) in [5, 5.41) is 13.3. The molecule has 2 rings (SSSR count). The van der Waals surface area contributed by atoms with Gasteiger partial charge in [0.1, 0.15) is 0 Å². The highest BCUT2D eigenvalue weighted by Gasteiger charge is 2.08. The van der Waals surface area contributed by atoms with Gasteiger partial charge in [-0.1, -0.05) is 37.2 Å². The van der Waals surface area contributed by atoms with E-state index >= 15 is 0 Å². The first-order chi connectivity index (χ1) is 12.6. The number of aliphatic imine (C=N–C) groups is 1. The summed E-state index contributed by atoms with van der Waals surface area (Å²) in [7, 11) is 1.71. The van der Waals surface area contributed by atoms with E-state index in [1.807, 2.05) is 24.3 Å². The lowest BCUT2D eigenvalue weighted by atomic mass is 10.1. The van der Waals surface area contributed by atoms with Gasteiger partial charge in [0.15, 0.2) is 11.7 Å². The van der Waals surface area contributed by atoms with Gasteiger partial charge in [-0.25, -0.2) is 0 Å². The molecule has 1 heterocycles. The number of nitrogens with zero attached hydrogens (tertiary/aromatic N) is 2.